The first-order chi connectivity index (χ1) is 19.7. The van der Waals surface area contributed by atoms with E-state index in [0.29, 0.717) is 30.8 Å². The molecule has 41 heavy (non-hydrogen) atoms. The van der Waals surface area contributed by atoms with Gasteiger partial charge in [-0.2, -0.15) is 0 Å². The molecule has 1 aliphatic rings. The minimum Gasteiger partial charge on any atom is -0.460 e. The number of nitrogens with zero attached hydrogens (tertiary/aromatic N) is 2. The highest BCUT2D eigenvalue weighted by molar-refractivity contribution is 8.14. The molecule has 0 aliphatic carbocycles. The van der Waals surface area contributed by atoms with Gasteiger partial charge in [0, 0.05) is 36.8 Å². The van der Waals surface area contributed by atoms with Crippen LogP contribution in [0.4, 0.5) is 0 Å². The zero-order chi connectivity index (χ0) is 30.0. The van der Waals surface area contributed by atoms with E-state index in [9.17, 15) is 19.2 Å². The predicted octanol–water partition coefficient (Wildman–Crippen LogP) is 5.51. The van der Waals surface area contributed by atoms with Gasteiger partial charge in [0.1, 0.15) is 27.9 Å². The Hall–Kier alpha value is -1.92. The van der Waals surface area contributed by atoms with E-state index < -0.39 is 18.1 Å². The molecule has 2 rings (SSSR count). The summed E-state index contributed by atoms with van der Waals surface area (Å²) in [5.74, 6) is 0.00757. The number of cyclic esters (lactones) is 1. The summed E-state index contributed by atoms with van der Waals surface area (Å²) in [6, 6.07) is -0.806. The quantitative estimate of drug-likeness (QED) is 0.230. The fourth-order valence-electron chi connectivity index (χ4n) is 4.23. The Bertz CT molecular complexity index is 1010. The molecule has 2 heterocycles. The third-order valence-corrected chi connectivity index (χ3v) is 9.52. The summed E-state index contributed by atoms with van der Waals surface area (Å²) in [5, 5.41) is 9.31. The Morgan fingerprint density at radius 3 is 2.66 bits per heavy atom. The first-order valence-electron chi connectivity index (χ1n) is 14.7. The number of rotatable bonds is 12. The molecule has 0 fully saturated rings. The van der Waals surface area contributed by atoms with Crippen LogP contribution in [0, 0.1) is 5.92 Å². The van der Waals surface area contributed by atoms with Gasteiger partial charge in [-0.15, -0.1) is 23.1 Å². The van der Waals surface area contributed by atoms with Crippen LogP contribution >= 0.6 is 34.9 Å². The van der Waals surface area contributed by atoms with Gasteiger partial charge in [-0.3, -0.25) is 19.4 Å². The molecule has 0 aromatic carbocycles. The number of hydrogen-bond acceptors (Lipinski definition) is 10. The second kappa shape index (κ2) is 20.1. The maximum absolute atomic E-state index is 13.1. The lowest BCUT2D eigenvalue weighted by molar-refractivity contribution is -0.156. The molecule has 1 aromatic heterocycles. The molecule has 1 aliphatic heterocycles. The van der Waals surface area contributed by atoms with Gasteiger partial charge in [-0.25, -0.2) is 9.78 Å². The molecular weight excluding hydrogens is 581 g/mol. The topological polar surface area (TPSA) is 127 Å². The highest BCUT2D eigenvalue weighted by Crippen LogP contribution is 2.20. The number of esters is 1. The second-order valence-corrected chi connectivity index (χ2v) is 13.6. The van der Waals surface area contributed by atoms with Crippen molar-refractivity contribution in [3.05, 3.63) is 16.1 Å². The molecule has 9 nitrogen and oxygen atoms in total. The molecule has 0 saturated heterocycles. The molecule has 0 saturated carbocycles. The van der Waals surface area contributed by atoms with Crippen LogP contribution in [0.2, 0.25) is 0 Å². The van der Waals surface area contributed by atoms with Gasteiger partial charge in [-0.1, -0.05) is 58.2 Å². The number of aliphatic imine (C=N–C) groups is 1. The van der Waals surface area contributed by atoms with Crippen molar-refractivity contribution < 1.29 is 23.9 Å². The number of amides is 2. The summed E-state index contributed by atoms with van der Waals surface area (Å²) in [7, 11) is 1.68. The summed E-state index contributed by atoms with van der Waals surface area (Å²) < 4.78 is 5.82. The van der Waals surface area contributed by atoms with Crippen molar-refractivity contribution in [1.82, 2.24) is 15.6 Å². The number of carbonyl (C=O) groups is 4. The van der Waals surface area contributed by atoms with Crippen molar-refractivity contribution in [3.63, 3.8) is 0 Å². The van der Waals surface area contributed by atoms with Gasteiger partial charge < -0.3 is 15.4 Å². The largest absolute Gasteiger partial charge is 0.460 e. The van der Waals surface area contributed by atoms with Crippen molar-refractivity contribution in [2.45, 2.75) is 110 Å². The molecule has 2 bridgehead atoms. The molecule has 0 spiro atoms. The van der Waals surface area contributed by atoms with E-state index >= 15 is 0 Å². The summed E-state index contributed by atoms with van der Waals surface area (Å²) >= 11 is 4.23. The van der Waals surface area contributed by atoms with Crippen LogP contribution in [0.5, 0.6) is 0 Å². The number of thiazole rings is 1. The van der Waals surface area contributed by atoms with Gasteiger partial charge in [0.2, 0.25) is 11.8 Å². The average molecular weight is 627 g/mol. The molecular formula is C29H46N4O5S3. The summed E-state index contributed by atoms with van der Waals surface area (Å²) in [6.07, 6.45) is 7.86. The van der Waals surface area contributed by atoms with Gasteiger partial charge >= 0.3 is 5.97 Å². The predicted molar refractivity (Wildman–Crippen MR) is 169 cm³/mol. The molecule has 2 amide bonds. The van der Waals surface area contributed by atoms with Gasteiger partial charge in [-0.05, 0) is 31.6 Å². The summed E-state index contributed by atoms with van der Waals surface area (Å²) in [4.78, 5) is 59.7. The molecule has 2 N–H and O–H groups in total. The highest BCUT2D eigenvalue weighted by atomic mass is 32.2. The zero-order valence-electron chi connectivity index (χ0n) is 24.9. The van der Waals surface area contributed by atoms with Crippen LogP contribution in [-0.2, 0) is 30.5 Å². The second-order valence-electron chi connectivity index (χ2n) is 10.5. The van der Waals surface area contributed by atoms with Crippen molar-refractivity contribution in [3.8, 4) is 0 Å². The van der Waals surface area contributed by atoms with Crippen molar-refractivity contribution >= 4 is 62.8 Å². The Balaban J connectivity index is 1.98. The number of aromatic nitrogens is 1. The van der Waals surface area contributed by atoms with Crippen LogP contribution in [0.1, 0.15) is 102 Å². The maximum atomic E-state index is 13.1. The fourth-order valence-corrected chi connectivity index (χ4v) is 6.75. The smallest absolute Gasteiger partial charge is 0.329 e. The fraction of sp³-hybridized carbons (Fsp3) is 0.724. The van der Waals surface area contributed by atoms with Crippen LogP contribution in [0.3, 0.4) is 0 Å². The minimum atomic E-state index is -0.806. The monoisotopic (exact) mass is 626 g/mol. The van der Waals surface area contributed by atoms with Crippen LogP contribution < -0.4 is 10.6 Å². The average Bonchev–Trinajstić information content (AvgIpc) is 3.40. The molecule has 1 unspecified atom stereocenters. The lowest BCUT2D eigenvalue weighted by atomic mass is 10.0. The Morgan fingerprint density at radius 1 is 1.15 bits per heavy atom. The third-order valence-electron chi connectivity index (χ3n) is 6.58. The highest BCUT2D eigenvalue weighted by Gasteiger charge is 2.29. The number of hydrogen-bond donors (Lipinski definition) is 2. The number of ether oxygens (including phenoxy) is 1. The Morgan fingerprint density at radius 2 is 1.93 bits per heavy atom. The number of nitrogens with one attached hydrogen (secondary N) is 2. The first-order valence-corrected chi connectivity index (χ1v) is 17.5. The van der Waals surface area contributed by atoms with E-state index in [-0.39, 0.29) is 42.2 Å². The molecule has 12 heteroatoms. The van der Waals surface area contributed by atoms with Gasteiger partial charge in [0.15, 0.2) is 5.12 Å². The van der Waals surface area contributed by atoms with E-state index in [2.05, 4.69) is 27.5 Å². The van der Waals surface area contributed by atoms with Crippen molar-refractivity contribution in [2.24, 2.45) is 10.9 Å². The lowest BCUT2D eigenvalue weighted by Gasteiger charge is -2.24. The van der Waals surface area contributed by atoms with E-state index in [1.54, 1.807) is 7.05 Å². The standard InChI is InChI=1S/C29H46N4O5S3/c1-5-6-7-8-9-13-26(36)39-15-11-10-12-21-17-24(35)31-18-25-32-22(19-41-25)28(30-4)40-16-14-23(34)33-27(20(2)3)29(37)38-21/h19-21,27H,5-18H2,1-4H3,(H,31,35)(H,33,34)/t21-,27?/m1/s1. The molecule has 1 aromatic rings. The van der Waals surface area contributed by atoms with Crippen LogP contribution in [0.15, 0.2) is 10.4 Å². The van der Waals surface area contributed by atoms with Crippen LogP contribution in [0.25, 0.3) is 0 Å². The zero-order valence-corrected chi connectivity index (χ0v) is 27.3. The molecule has 230 valence electrons. The number of thioether (sulfide) groups is 2. The van der Waals surface area contributed by atoms with E-state index in [0.717, 1.165) is 35.0 Å². The van der Waals surface area contributed by atoms with E-state index in [4.69, 9.17) is 4.74 Å². The van der Waals surface area contributed by atoms with Crippen LogP contribution in [-0.4, -0.2) is 63.6 Å². The SMILES string of the molecule is CCCCCCCC(=O)SCCCC[C@@H]1CC(=O)NCc2nc(cs2)C(=NC)SCCC(=O)NC(C(C)C)C(=O)O1. The van der Waals surface area contributed by atoms with Gasteiger partial charge in [0.25, 0.3) is 0 Å². The number of fused-ring (bicyclic) bond motifs is 2. The lowest BCUT2D eigenvalue weighted by Crippen LogP contribution is -2.46. The van der Waals surface area contributed by atoms with E-state index in [1.807, 2.05) is 19.2 Å². The third kappa shape index (κ3) is 14.2. The summed E-state index contributed by atoms with van der Waals surface area (Å²) in [5.41, 5.74) is 0.723. The summed E-state index contributed by atoms with van der Waals surface area (Å²) in [6.45, 7) is 6.16. The minimum absolute atomic E-state index is 0.0179. The first kappa shape index (κ1) is 35.3. The maximum Gasteiger partial charge on any atom is 0.329 e. The molecule has 2 atom stereocenters. The number of carbonyl (C=O) groups excluding carboxylic acids is 4. The number of unbranched alkanes of at least 4 members (excludes halogenated alkanes) is 5. The van der Waals surface area contributed by atoms with E-state index in [1.165, 1.54) is 54.1 Å². The van der Waals surface area contributed by atoms with Crippen molar-refractivity contribution in [1.29, 1.82) is 0 Å². The Labute approximate surface area is 257 Å². The van der Waals surface area contributed by atoms with Gasteiger partial charge in [0.05, 0.1) is 13.0 Å². The van der Waals surface area contributed by atoms with Crippen molar-refractivity contribution in [2.75, 3.05) is 18.6 Å². The Kier molecular flexibility index (Phi) is 17.3. The normalized spacial score (nSPS) is 20.4. The molecule has 0 radical (unpaired) electrons.